The van der Waals surface area contributed by atoms with Crippen LogP contribution >= 0.6 is 0 Å². The zero-order valence-electron chi connectivity index (χ0n) is 22.8. The minimum atomic E-state index is -0.710. The average molecular weight is 548 g/mol. The van der Waals surface area contributed by atoms with Crippen LogP contribution in [0.2, 0.25) is 0 Å². The number of nitrogens with two attached hydrogens (primary N) is 1. The number of aromatic nitrogens is 1. The summed E-state index contributed by atoms with van der Waals surface area (Å²) in [6, 6.07) is 29.9. The molecule has 1 atom stereocenters. The fourth-order valence-electron chi connectivity index (χ4n) is 4.69. The Kier molecular flexibility index (Phi) is 8.49. The van der Waals surface area contributed by atoms with E-state index in [0.29, 0.717) is 42.2 Å². The molecule has 1 amide bonds. The lowest BCUT2D eigenvalue weighted by molar-refractivity contribution is -0.121. The highest BCUT2D eigenvalue weighted by Gasteiger charge is 2.22. The van der Waals surface area contributed by atoms with Crippen molar-refractivity contribution in [1.82, 2.24) is 10.3 Å². The maximum atomic E-state index is 13.6. The Morgan fingerprint density at radius 2 is 1.71 bits per heavy atom. The van der Waals surface area contributed by atoms with E-state index in [4.69, 9.17) is 20.6 Å². The van der Waals surface area contributed by atoms with Gasteiger partial charge in [-0.3, -0.25) is 10.2 Å². The van der Waals surface area contributed by atoms with Crippen molar-refractivity contribution in [2.45, 2.75) is 19.1 Å². The molecular weight excluding hydrogens is 514 g/mol. The molecule has 5 rings (SSSR count). The van der Waals surface area contributed by atoms with E-state index in [1.54, 1.807) is 31.4 Å². The van der Waals surface area contributed by atoms with Crippen LogP contribution in [0.15, 0.2) is 103 Å². The maximum Gasteiger partial charge on any atom is 0.247 e. The number of carbonyl (C=O) groups excluding carboxylic acids is 1. The van der Waals surface area contributed by atoms with Gasteiger partial charge >= 0.3 is 0 Å². The Morgan fingerprint density at radius 3 is 2.46 bits per heavy atom. The van der Waals surface area contributed by atoms with E-state index >= 15 is 0 Å². The van der Waals surface area contributed by atoms with E-state index in [1.807, 2.05) is 72.9 Å². The predicted octanol–water partition coefficient (Wildman–Crippen LogP) is 5.55. The van der Waals surface area contributed by atoms with E-state index in [2.05, 4.69) is 21.7 Å². The van der Waals surface area contributed by atoms with Crippen molar-refractivity contribution in [2.75, 3.05) is 19.0 Å². The number of para-hydroxylation sites is 1. The van der Waals surface area contributed by atoms with Crippen molar-refractivity contribution < 1.29 is 14.3 Å². The van der Waals surface area contributed by atoms with Crippen LogP contribution in [0.5, 0.6) is 11.5 Å². The highest BCUT2D eigenvalue weighted by molar-refractivity contribution is 5.95. The molecule has 0 saturated carbocycles. The molecular formula is C33H33N5O3. The lowest BCUT2D eigenvalue weighted by atomic mass is 10.0. The third-order valence-corrected chi connectivity index (χ3v) is 6.90. The van der Waals surface area contributed by atoms with E-state index in [0.717, 1.165) is 27.7 Å². The first-order valence-corrected chi connectivity index (χ1v) is 13.4. The molecule has 8 heteroatoms. The molecule has 0 aliphatic heterocycles. The van der Waals surface area contributed by atoms with Crippen LogP contribution in [0.25, 0.3) is 10.9 Å². The molecule has 0 bridgehead atoms. The van der Waals surface area contributed by atoms with Crippen molar-refractivity contribution in [3.63, 3.8) is 0 Å². The fraction of sp³-hybridized carbons (Fsp3) is 0.152. The first kappa shape index (κ1) is 27.3. The van der Waals surface area contributed by atoms with Crippen molar-refractivity contribution in [3.8, 4) is 11.5 Å². The summed E-state index contributed by atoms with van der Waals surface area (Å²) in [6.07, 6.45) is 2.67. The molecule has 0 saturated heterocycles. The number of amidine groups is 1. The van der Waals surface area contributed by atoms with Gasteiger partial charge in [0.05, 0.1) is 7.11 Å². The molecule has 1 aromatic heterocycles. The quantitative estimate of drug-likeness (QED) is 0.103. The number of carbonyl (C=O) groups is 1. The summed E-state index contributed by atoms with van der Waals surface area (Å²) in [5.74, 6) is 0.924. The highest BCUT2D eigenvalue weighted by Crippen LogP contribution is 2.32. The van der Waals surface area contributed by atoms with Crippen LogP contribution in [0.3, 0.4) is 0 Å². The minimum Gasteiger partial charge on any atom is -0.493 e. The second kappa shape index (κ2) is 12.7. The number of nitrogen functional groups attached to an aromatic ring is 1. The van der Waals surface area contributed by atoms with Crippen LogP contribution in [-0.2, 0) is 17.8 Å². The predicted molar refractivity (Wildman–Crippen MR) is 163 cm³/mol. The number of ether oxygens (including phenoxy) is 2. The van der Waals surface area contributed by atoms with Crippen molar-refractivity contribution in [1.29, 1.82) is 5.41 Å². The number of hydrogen-bond acceptors (Lipinski definition) is 5. The Hall–Kier alpha value is -5.24. The van der Waals surface area contributed by atoms with E-state index in [-0.39, 0.29) is 11.7 Å². The van der Waals surface area contributed by atoms with Gasteiger partial charge in [0.25, 0.3) is 0 Å². The van der Waals surface area contributed by atoms with Crippen LogP contribution in [-0.4, -0.2) is 30.4 Å². The van der Waals surface area contributed by atoms with Crippen molar-refractivity contribution in [2.24, 2.45) is 5.73 Å². The third-order valence-electron chi connectivity index (χ3n) is 6.90. The first-order valence-electron chi connectivity index (χ1n) is 13.4. The standard InChI is InChI=1S/C33H33N5O3/c1-40-30-19-24(13-16-29(30)41-21-22-7-3-2-4-8-22)31(38-26-14-11-23(12-15-26)32(34)35)33(39)36-18-17-25-20-37-28-10-6-5-9-27(25)28/h2-16,19-20,31,37-38H,17-18,21H2,1H3,(H3,34,35)(H,36,39). The van der Waals surface area contributed by atoms with Gasteiger partial charge in [0, 0.05) is 34.9 Å². The first-order chi connectivity index (χ1) is 20.0. The van der Waals surface area contributed by atoms with Gasteiger partial charge in [-0.1, -0.05) is 54.6 Å². The zero-order valence-corrected chi connectivity index (χ0v) is 22.8. The third kappa shape index (κ3) is 6.67. The van der Waals surface area contributed by atoms with Crippen molar-refractivity contribution in [3.05, 3.63) is 126 Å². The Balaban J connectivity index is 1.34. The van der Waals surface area contributed by atoms with Gasteiger partial charge < -0.3 is 30.8 Å². The van der Waals surface area contributed by atoms with Gasteiger partial charge in [0.15, 0.2) is 11.5 Å². The van der Waals surface area contributed by atoms with E-state index < -0.39 is 6.04 Å². The molecule has 41 heavy (non-hydrogen) atoms. The minimum absolute atomic E-state index is 0.0149. The van der Waals surface area contributed by atoms with Crippen molar-refractivity contribution >= 4 is 28.3 Å². The molecule has 0 radical (unpaired) electrons. The molecule has 5 aromatic rings. The topological polar surface area (TPSA) is 125 Å². The van der Waals surface area contributed by atoms with Gasteiger partial charge in [0.2, 0.25) is 5.91 Å². The van der Waals surface area contributed by atoms with Crippen LogP contribution in [0, 0.1) is 5.41 Å². The molecule has 1 heterocycles. The fourth-order valence-corrected chi connectivity index (χ4v) is 4.69. The molecule has 0 aliphatic rings. The summed E-state index contributed by atoms with van der Waals surface area (Å²) in [4.78, 5) is 16.9. The molecule has 208 valence electrons. The summed E-state index contributed by atoms with van der Waals surface area (Å²) in [7, 11) is 1.58. The lowest BCUT2D eigenvalue weighted by Gasteiger charge is -2.22. The second-order valence-corrected chi connectivity index (χ2v) is 9.65. The summed E-state index contributed by atoms with van der Waals surface area (Å²) in [5.41, 5.74) is 10.9. The van der Waals surface area contributed by atoms with Gasteiger partial charge in [0.1, 0.15) is 18.5 Å². The van der Waals surface area contributed by atoms with Gasteiger partial charge in [-0.15, -0.1) is 0 Å². The summed E-state index contributed by atoms with van der Waals surface area (Å²) >= 11 is 0. The van der Waals surface area contributed by atoms with E-state index in [9.17, 15) is 4.79 Å². The summed E-state index contributed by atoms with van der Waals surface area (Å²) < 4.78 is 11.7. The number of H-pyrrole nitrogens is 1. The number of hydrogen-bond donors (Lipinski definition) is 5. The van der Waals surface area contributed by atoms with Gasteiger partial charge in [-0.05, 0) is 65.6 Å². The molecule has 6 N–H and O–H groups in total. The second-order valence-electron chi connectivity index (χ2n) is 9.65. The normalized spacial score (nSPS) is 11.5. The van der Waals surface area contributed by atoms with Gasteiger partial charge in [-0.25, -0.2) is 0 Å². The number of fused-ring (bicyclic) bond motifs is 1. The summed E-state index contributed by atoms with van der Waals surface area (Å²) in [6.45, 7) is 0.868. The number of aromatic amines is 1. The number of benzene rings is 4. The monoisotopic (exact) mass is 547 g/mol. The molecule has 0 aliphatic carbocycles. The number of rotatable bonds is 12. The number of nitrogens with one attached hydrogen (secondary N) is 4. The van der Waals surface area contributed by atoms with E-state index in [1.165, 1.54) is 0 Å². The lowest BCUT2D eigenvalue weighted by Crippen LogP contribution is -2.34. The molecule has 0 fully saturated rings. The summed E-state index contributed by atoms with van der Waals surface area (Å²) in [5, 5.41) is 15.2. The Morgan fingerprint density at radius 1 is 0.951 bits per heavy atom. The molecule has 4 aromatic carbocycles. The molecule has 1 unspecified atom stereocenters. The zero-order chi connectivity index (χ0) is 28.6. The molecule has 8 nitrogen and oxygen atoms in total. The van der Waals surface area contributed by atoms with Crippen LogP contribution in [0.1, 0.15) is 28.3 Å². The van der Waals surface area contributed by atoms with Crippen LogP contribution in [0.4, 0.5) is 5.69 Å². The number of methoxy groups -OCH3 is 1. The largest absolute Gasteiger partial charge is 0.493 e. The number of anilines is 1. The SMILES string of the molecule is COc1cc(C(Nc2ccc(C(=N)N)cc2)C(=O)NCCc2c[nH]c3ccccc23)ccc1OCc1ccccc1. The maximum absolute atomic E-state index is 13.6. The van der Waals surface area contributed by atoms with Gasteiger partial charge in [-0.2, -0.15) is 0 Å². The van der Waals surface area contributed by atoms with Crippen LogP contribution < -0.4 is 25.8 Å². The average Bonchev–Trinajstić information content (AvgIpc) is 3.42. The Bertz CT molecular complexity index is 1630. The highest BCUT2D eigenvalue weighted by atomic mass is 16.5. The Labute approximate surface area is 239 Å². The molecule has 0 spiro atoms. The smallest absolute Gasteiger partial charge is 0.247 e. The number of amides is 1.